The highest BCUT2D eigenvalue weighted by Gasteiger charge is 2.63. The van der Waals surface area contributed by atoms with Crippen LogP contribution in [0.5, 0.6) is 11.5 Å². The topological polar surface area (TPSA) is 197 Å². The van der Waals surface area contributed by atoms with Gasteiger partial charge < -0.3 is 36.6 Å². The van der Waals surface area contributed by atoms with Crippen molar-refractivity contribution in [3.05, 3.63) is 39.2 Å². The van der Waals surface area contributed by atoms with Crippen molar-refractivity contribution in [2.24, 2.45) is 23.3 Å². The Kier molecular flexibility index (Phi) is 5.67. The maximum absolute atomic E-state index is 13.7. The largest absolute Gasteiger partial charge is 0.508 e. The molecule has 4 aliphatic rings. The molecule has 0 bridgehead atoms. The molecule has 1 saturated carbocycles. The number of primary amides is 1. The molecule has 198 valence electrons. The molecule has 1 aromatic rings. The van der Waals surface area contributed by atoms with Crippen molar-refractivity contribution in [3.8, 4) is 11.5 Å². The van der Waals surface area contributed by atoms with E-state index in [1.165, 1.54) is 7.11 Å². The molecule has 37 heavy (non-hydrogen) atoms. The average molecular weight is 514 g/mol. The van der Waals surface area contributed by atoms with Crippen LogP contribution in [-0.2, 0) is 33.9 Å². The first-order valence-electron chi connectivity index (χ1n) is 12.3. The number of aliphatic hydroxyl groups is 3. The zero-order valence-electron chi connectivity index (χ0n) is 20.9. The number of Topliss-reactive ketones (excluding diaryl/α,β-unsaturated/α-hetero) is 2. The van der Waals surface area contributed by atoms with Crippen LogP contribution in [0.2, 0.25) is 0 Å². The number of phenolic OH excluding ortho intramolecular Hbond substituents is 1. The van der Waals surface area contributed by atoms with Crippen LogP contribution in [0.1, 0.15) is 48.9 Å². The van der Waals surface area contributed by atoms with Crippen LogP contribution in [0.15, 0.2) is 16.9 Å². The Morgan fingerprint density at radius 2 is 1.84 bits per heavy atom. The highest BCUT2D eigenvalue weighted by Crippen LogP contribution is 2.55. The van der Waals surface area contributed by atoms with Gasteiger partial charge in [-0.1, -0.05) is 6.92 Å². The zero-order chi connectivity index (χ0) is 27.1. The minimum absolute atomic E-state index is 0.0398. The van der Waals surface area contributed by atoms with Gasteiger partial charge in [0.05, 0.1) is 18.7 Å². The lowest BCUT2D eigenvalue weighted by atomic mass is 9.57. The summed E-state index contributed by atoms with van der Waals surface area (Å²) in [6.07, 6.45) is 1.00. The van der Waals surface area contributed by atoms with Gasteiger partial charge in [0, 0.05) is 47.3 Å². The fourth-order valence-corrected chi connectivity index (χ4v) is 6.54. The summed E-state index contributed by atoms with van der Waals surface area (Å²) in [6.45, 7) is 5.12. The van der Waals surface area contributed by atoms with Gasteiger partial charge >= 0.3 is 0 Å². The number of ether oxygens (including phenoxy) is 1. The second-order valence-corrected chi connectivity index (χ2v) is 10.4. The van der Waals surface area contributed by atoms with E-state index in [-0.39, 0.29) is 35.8 Å². The molecular formula is C26H31N3O8. The molecule has 0 spiro atoms. The summed E-state index contributed by atoms with van der Waals surface area (Å²) in [5.41, 5.74) is 9.40. The van der Waals surface area contributed by atoms with Crippen LogP contribution in [0.3, 0.4) is 0 Å². The van der Waals surface area contributed by atoms with Gasteiger partial charge in [-0.3, -0.25) is 19.3 Å². The standard InChI is InChI=1S/C26H31N3O8/c1-4-9(2)29-7-12-13(8-29)22(37-3)11-5-10-6-14-18(27)21(32)17(25(28)35)24(34)26(14,36)23(33)15(10)20(31)16(11)19(12)30/h9-10,14,18,30-31,34,36H,4-8,27H2,1-3H3,(H2,28,35)/t9-,10+,14+,18+,26+/m1/s1. The third-order valence-electron chi connectivity index (χ3n) is 8.72. The summed E-state index contributed by atoms with van der Waals surface area (Å²) >= 11 is 0. The van der Waals surface area contributed by atoms with E-state index < -0.39 is 58.0 Å². The van der Waals surface area contributed by atoms with E-state index in [2.05, 4.69) is 18.7 Å². The number of methoxy groups -OCH3 is 1. The number of nitrogens with two attached hydrogens (primary N) is 2. The quantitative estimate of drug-likeness (QED) is 0.308. The van der Waals surface area contributed by atoms with Crippen LogP contribution in [0.4, 0.5) is 0 Å². The number of carbonyl (C=O) groups excluding carboxylic acids is 3. The van der Waals surface area contributed by atoms with E-state index in [9.17, 15) is 34.8 Å². The number of phenols is 1. The number of aromatic hydroxyl groups is 1. The first-order chi connectivity index (χ1) is 17.4. The average Bonchev–Trinajstić information content (AvgIpc) is 3.30. The van der Waals surface area contributed by atoms with Crippen molar-refractivity contribution in [2.45, 2.75) is 63.9 Å². The Balaban J connectivity index is 1.71. The highest BCUT2D eigenvalue weighted by atomic mass is 16.5. The maximum atomic E-state index is 13.7. The summed E-state index contributed by atoms with van der Waals surface area (Å²) in [4.78, 5) is 40.5. The number of rotatable bonds is 4. The Morgan fingerprint density at radius 3 is 2.43 bits per heavy atom. The molecule has 5 atom stereocenters. The van der Waals surface area contributed by atoms with E-state index >= 15 is 0 Å². The molecule has 11 heteroatoms. The molecule has 1 fully saturated rings. The molecule has 0 aromatic heterocycles. The first-order valence-corrected chi connectivity index (χ1v) is 12.3. The first kappa shape index (κ1) is 25.2. The summed E-state index contributed by atoms with van der Waals surface area (Å²) in [5, 5.41) is 44.9. The Hall–Kier alpha value is -3.41. The lowest BCUT2D eigenvalue weighted by Crippen LogP contribution is -2.65. The van der Waals surface area contributed by atoms with E-state index in [0.717, 1.165) is 12.0 Å². The van der Waals surface area contributed by atoms with E-state index in [1.54, 1.807) is 0 Å². The number of hydrogen-bond donors (Lipinski definition) is 6. The molecule has 1 aliphatic heterocycles. The highest BCUT2D eigenvalue weighted by molar-refractivity contribution is 6.24. The predicted octanol–water partition coefficient (Wildman–Crippen LogP) is 0.484. The maximum Gasteiger partial charge on any atom is 0.255 e. The van der Waals surface area contributed by atoms with Crippen LogP contribution < -0.4 is 16.2 Å². The molecule has 3 aliphatic carbocycles. The van der Waals surface area contributed by atoms with Crippen molar-refractivity contribution in [3.63, 3.8) is 0 Å². The van der Waals surface area contributed by atoms with E-state index in [4.69, 9.17) is 16.2 Å². The normalized spacial score (nSPS) is 30.0. The lowest BCUT2D eigenvalue weighted by Gasteiger charge is -2.48. The number of carbonyl (C=O) groups is 3. The Morgan fingerprint density at radius 1 is 1.19 bits per heavy atom. The minimum atomic E-state index is -2.72. The SMILES string of the molecule is CC[C@@H](C)N1Cc2c(O)c3c(c(OC)c2C1)C[C@H]1C[C@H]2[C@H](N)C(=O)C(C(N)=O)=C(O)[C@@]2(O)C(=O)C1=C3O. The number of hydrogen-bond acceptors (Lipinski definition) is 10. The number of nitrogens with zero attached hydrogens (tertiary/aromatic N) is 1. The molecule has 5 rings (SSSR count). The fraction of sp³-hybridized carbons (Fsp3) is 0.500. The molecule has 8 N–H and O–H groups in total. The molecule has 0 saturated heterocycles. The van der Waals surface area contributed by atoms with Gasteiger partial charge in [-0.15, -0.1) is 0 Å². The molecule has 1 heterocycles. The van der Waals surface area contributed by atoms with Crippen LogP contribution in [0.25, 0.3) is 5.76 Å². The number of fused-ring (bicyclic) bond motifs is 4. The Bertz CT molecular complexity index is 1330. The fourth-order valence-electron chi connectivity index (χ4n) is 6.54. The van der Waals surface area contributed by atoms with Gasteiger partial charge in [0.1, 0.15) is 28.6 Å². The second kappa shape index (κ2) is 8.30. The number of benzene rings is 1. The molecule has 0 radical (unpaired) electrons. The lowest BCUT2D eigenvalue weighted by molar-refractivity contribution is -0.149. The number of ketones is 2. The summed E-state index contributed by atoms with van der Waals surface area (Å²) in [7, 11) is 1.50. The monoisotopic (exact) mass is 513 g/mol. The summed E-state index contributed by atoms with van der Waals surface area (Å²) < 4.78 is 5.77. The van der Waals surface area contributed by atoms with Gasteiger partial charge in [0.25, 0.3) is 5.91 Å². The van der Waals surface area contributed by atoms with Crippen LogP contribution in [0, 0.1) is 11.8 Å². The smallest absolute Gasteiger partial charge is 0.255 e. The van der Waals surface area contributed by atoms with Gasteiger partial charge in [0.2, 0.25) is 5.78 Å². The van der Waals surface area contributed by atoms with Crippen molar-refractivity contribution in [1.29, 1.82) is 0 Å². The van der Waals surface area contributed by atoms with E-state index in [1.807, 2.05) is 0 Å². The molecule has 1 aromatic carbocycles. The summed E-state index contributed by atoms with van der Waals surface area (Å²) in [5.74, 6) is -6.68. The Labute approximate surface area is 213 Å². The van der Waals surface area contributed by atoms with Crippen molar-refractivity contribution < 1.29 is 39.5 Å². The van der Waals surface area contributed by atoms with Gasteiger partial charge in [-0.25, -0.2) is 0 Å². The molecule has 1 amide bonds. The van der Waals surface area contributed by atoms with Gasteiger partial charge in [-0.2, -0.15) is 0 Å². The van der Waals surface area contributed by atoms with Gasteiger partial charge in [-0.05, 0) is 32.1 Å². The zero-order valence-corrected chi connectivity index (χ0v) is 20.9. The minimum Gasteiger partial charge on any atom is -0.508 e. The number of amides is 1. The molecule has 11 nitrogen and oxygen atoms in total. The van der Waals surface area contributed by atoms with Crippen LogP contribution in [-0.4, -0.2) is 67.6 Å². The van der Waals surface area contributed by atoms with Crippen LogP contribution >= 0.6 is 0 Å². The van der Waals surface area contributed by atoms with Crippen molar-refractivity contribution >= 4 is 23.2 Å². The summed E-state index contributed by atoms with van der Waals surface area (Å²) in [6, 6.07) is -1.24. The second-order valence-electron chi connectivity index (χ2n) is 10.4. The molecular weight excluding hydrogens is 482 g/mol. The van der Waals surface area contributed by atoms with Gasteiger partial charge in [0.15, 0.2) is 11.4 Å². The molecule has 0 unspecified atom stereocenters. The third kappa shape index (κ3) is 3.14. The van der Waals surface area contributed by atoms with E-state index in [0.29, 0.717) is 30.0 Å². The predicted molar refractivity (Wildman–Crippen MR) is 130 cm³/mol. The third-order valence-corrected chi connectivity index (χ3v) is 8.72. The van der Waals surface area contributed by atoms with Crippen molar-refractivity contribution in [2.75, 3.05) is 7.11 Å². The number of aliphatic hydroxyl groups excluding tert-OH is 2. The van der Waals surface area contributed by atoms with Crippen molar-refractivity contribution in [1.82, 2.24) is 4.90 Å².